The SMILES string of the molecule is CCOC(=O)CCCN(CCCS(=O)(=O)[O-])c1ccc(-c2c(Cl)c(=O)c2=O)cc1. The molecule has 2 aromatic carbocycles. The van der Waals surface area contributed by atoms with Crippen LogP contribution in [-0.4, -0.2) is 44.4 Å². The standard InChI is InChI=1S/C19H22ClNO7S/c1-2-28-15(22)5-3-10-21(11-4-12-29(25,26)27)14-8-6-13(7-9-14)16-17(20)19(24)18(16)23/h6-9H,2-5,10-12H2,1H3,(H,25,26,27)/p-1. The van der Waals surface area contributed by atoms with Crippen LogP contribution in [0.5, 0.6) is 0 Å². The summed E-state index contributed by atoms with van der Waals surface area (Å²) in [6.07, 6.45) is 0.826. The van der Waals surface area contributed by atoms with E-state index in [1.807, 2.05) is 4.90 Å². The van der Waals surface area contributed by atoms with E-state index >= 15 is 0 Å². The Morgan fingerprint density at radius 1 is 1.10 bits per heavy atom. The minimum Gasteiger partial charge on any atom is -0.748 e. The molecule has 2 aromatic rings. The molecule has 0 atom stereocenters. The maximum absolute atomic E-state index is 11.7. The van der Waals surface area contributed by atoms with E-state index < -0.39 is 26.7 Å². The number of nitrogens with zero attached hydrogens (tertiary/aromatic N) is 1. The molecule has 0 saturated carbocycles. The van der Waals surface area contributed by atoms with Gasteiger partial charge in [0.05, 0.1) is 22.3 Å². The summed E-state index contributed by atoms with van der Waals surface area (Å²) >= 11 is 5.80. The number of hydrogen-bond donors (Lipinski definition) is 0. The highest BCUT2D eigenvalue weighted by Crippen LogP contribution is 2.26. The average molecular weight is 443 g/mol. The van der Waals surface area contributed by atoms with Crippen LogP contribution >= 0.6 is 11.6 Å². The Morgan fingerprint density at radius 2 is 1.72 bits per heavy atom. The quantitative estimate of drug-likeness (QED) is 0.293. The zero-order chi connectivity index (χ0) is 21.6. The molecule has 0 heterocycles. The van der Waals surface area contributed by atoms with Gasteiger partial charge in [-0.05, 0) is 37.5 Å². The molecular weight excluding hydrogens is 422 g/mol. The van der Waals surface area contributed by atoms with Crippen LogP contribution in [0.4, 0.5) is 5.69 Å². The highest BCUT2D eigenvalue weighted by atomic mass is 35.5. The van der Waals surface area contributed by atoms with Crippen molar-refractivity contribution in [2.75, 3.05) is 30.3 Å². The van der Waals surface area contributed by atoms with Gasteiger partial charge in [0.2, 0.25) is 10.9 Å². The van der Waals surface area contributed by atoms with Crippen LogP contribution in [0, 0.1) is 0 Å². The van der Waals surface area contributed by atoms with Crippen LogP contribution < -0.4 is 15.8 Å². The molecule has 10 heteroatoms. The third-order valence-corrected chi connectivity index (χ3v) is 5.46. The summed E-state index contributed by atoms with van der Waals surface area (Å²) in [5, 5.41) is -0.0882. The molecule has 0 aliphatic carbocycles. The van der Waals surface area contributed by atoms with Crippen LogP contribution in [0.25, 0.3) is 11.1 Å². The van der Waals surface area contributed by atoms with Gasteiger partial charge in [-0.15, -0.1) is 0 Å². The third-order valence-electron chi connectivity index (χ3n) is 4.31. The zero-order valence-corrected chi connectivity index (χ0v) is 17.4. The normalized spacial score (nSPS) is 11.6. The summed E-state index contributed by atoms with van der Waals surface area (Å²) in [5.41, 5.74) is 0.0714. The van der Waals surface area contributed by atoms with Crippen molar-refractivity contribution < 1.29 is 22.5 Å². The Bertz CT molecular complexity index is 1020. The molecule has 0 spiro atoms. The minimum atomic E-state index is -4.32. The molecule has 0 N–H and O–H groups in total. The second kappa shape index (κ2) is 10.00. The number of halogens is 1. The fraction of sp³-hybridized carbons (Fsp3) is 0.421. The van der Waals surface area contributed by atoms with Gasteiger partial charge in [-0.25, -0.2) is 8.42 Å². The van der Waals surface area contributed by atoms with Crippen molar-refractivity contribution in [1.82, 2.24) is 0 Å². The molecule has 0 fully saturated rings. The van der Waals surface area contributed by atoms with Crippen molar-refractivity contribution in [2.45, 2.75) is 26.2 Å². The first-order chi connectivity index (χ1) is 13.6. The van der Waals surface area contributed by atoms with E-state index in [0.717, 1.165) is 5.69 Å². The lowest BCUT2D eigenvalue weighted by molar-refractivity contribution is -0.143. The average Bonchev–Trinajstić information content (AvgIpc) is 2.66. The van der Waals surface area contributed by atoms with Crippen molar-refractivity contribution in [1.29, 1.82) is 0 Å². The van der Waals surface area contributed by atoms with E-state index in [4.69, 9.17) is 16.3 Å². The van der Waals surface area contributed by atoms with Gasteiger partial charge in [0.25, 0.3) is 0 Å². The second-order valence-corrected chi connectivity index (χ2v) is 8.31. The molecule has 8 nitrogen and oxygen atoms in total. The van der Waals surface area contributed by atoms with Crippen molar-refractivity contribution in [3.63, 3.8) is 0 Å². The molecular formula is C19H21ClNO7S-. The van der Waals surface area contributed by atoms with Crippen molar-refractivity contribution >= 4 is 33.4 Å². The molecule has 2 rings (SSSR count). The number of rotatable bonds is 11. The van der Waals surface area contributed by atoms with Gasteiger partial charge in [-0.3, -0.25) is 14.4 Å². The van der Waals surface area contributed by atoms with Crippen molar-refractivity contribution in [2.24, 2.45) is 0 Å². The van der Waals surface area contributed by atoms with E-state index in [2.05, 4.69) is 0 Å². The van der Waals surface area contributed by atoms with Gasteiger partial charge >= 0.3 is 5.97 Å². The number of esters is 1. The maximum atomic E-state index is 11.7. The lowest BCUT2D eigenvalue weighted by atomic mass is 10.0. The zero-order valence-electron chi connectivity index (χ0n) is 15.9. The highest BCUT2D eigenvalue weighted by Gasteiger charge is 2.20. The molecule has 0 unspecified atom stereocenters. The summed E-state index contributed by atoms with van der Waals surface area (Å²) < 4.78 is 37.5. The maximum Gasteiger partial charge on any atom is 0.305 e. The number of hydrogen-bond acceptors (Lipinski definition) is 8. The Morgan fingerprint density at radius 3 is 2.28 bits per heavy atom. The van der Waals surface area contributed by atoms with Gasteiger partial charge in [0.15, 0.2) is 0 Å². The Hall–Kier alpha value is -2.23. The summed E-state index contributed by atoms with van der Waals surface area (Å²) in [5.74, 6) is -0.807. The van der Waals surface area contributed by atoms with Gasteiger partial charge in [0.1, 0.15) is 5.02 Å². The topological polar surface area (TPSA) is 121 Å². The molecule has 158 valence electrons. The summed E-state index contributed by atoms with van der Waals surface area (Å²) in [4.78, 5) is 36.3. The van der Waals surface area contributed by atoms with Crippen molar-refractivity contribution in [3.8, 4) is 11.1 Å². The highest BCUT2D eigenvalue weighted by molar-refractivity contribution is 7.85. The summed E-state index contributed by atoms with van der Waals surface area (Å²) in [6, 6.07) is 6.69. The second-order valence-electron chi connectivity index (χ2n) is 6.41. The number of benzene rings is 1. The first-order valence-corrected chi connectivity index (χ1v) is 11.0. The van der Waals surface area contributed by atoms with E-state index in [1.165, 1.54) is 0 Å². The fourth-order valence-electron chi connectivity index (χ4n) is 2.91. The Labute approximate surface area is 173 Å². The molecule has 0 bridgehead atoms. The van der Waals surface area contributed by atoms with E-state index in [1.54, 1.807) is 31.2 Å². The molecule has 0 aliphatic rings. The molecule has 0 amide bonds. The predicted molar refractivity (Wildman–Crippen MR) is 109 cm³/mol. The van der Waals surface area contributed by atoms with Crippen LogP contribution in [-0.2, 0) is 19.6 Å². The largest absolute Gasteiger partial charge is 0.748 e. The number of carbonyl (C=O) groups is 1. The first kappa shape index (κ1) is 23.1. The van der Waals surface area contributed by atoms with E-state index in [0.29, 0.717) is 31.7 Å². The molecule has 0 aliphatic heterocycles. The summed E-state index contributed by atoms with van der Waals surface area (Å²) in [6.45, 7) is 2.75. The predicted octanol–water partition coefficient (Wildman–Crippen LogP) is 1.69. The molecule has 0 saturated heterocycles. The molecule has 0 aromatic heterocycles. The lowest BCUT2D eigenvalue weighted by Crippen LogP contribution is -2.33. The first-order valence-electron chi connectivity index (χ1n) is 9.07. The number of anilines is 1. The molecule has 29 heavy (non-hydrogen) atoms. The van der Waals surface area contributed by atoms with Gasteiger partial charge in [-0.1, -0.05) is 23.7 Å². The Balaban J connectivity index is 2.10. The minimum absolute atomic E-state index is 0.0882. The van der Waals surface area contributed by atoms with Gasteiger partial charge in [-0.2, -0.15) is 0 Å². The number of carbonyl (C=O) groups excluding carboxylic acids is 1. The van der Waals surface area contributed by atoms with Gasteiger partial charge in [0, 0.05) is 31.0 Å². The van der Waals surface area contributed by atoms with Crippen molar-refractivity contribution in [3.05, 3.63) is 49.7 Å². The van der Waals surface area contributed by atoms with E-state index in [-0.39, 0.29) is 29.4 Å². The van der Waals surface area contributed by atoms with Crippen LogP contribution in [0.1, 0.15) is 26.2 Å². The summed E-state index contributed by atoms with van der Waals surface area (Å²) in [7, 11) is -4.32. The van der Waals surface area contributed by atoms with Crippen LogP contribution in [0.15, 0.2) is 33.9 Å². The van der Waals surface area contributed by atoms with Gasteiger partial charge < -0.3 is 14.2 Å². The van der Waals surface area contributed by atoms with Crippen LogP contribution in [0.2, 0.25) is 5.02 Å². The molecule has 0 radical (unpaired) electrons. The fourth-order valence-corrected chi connectivity index (χ4v) is 3.67. The van der Waals surface area contributed by atoms with E-state index in [9.17, 15) is 27.4 Å². The Kier molecular flexibility index (Phi) is 7.95. The monoisotopic (exact) mass is 442 g/mol. The smallest absolute Gasteiger partial charge is 0.305 e. The van der Waals surface area contributed by atoms with Crippen LogP contribution in [0.3, 0.4) is 0 Å². The third kappa shape index (κ3) is 6.38. The number of ether oxygens (including phenoxy) is 1. The lowest BCUT2D eigenvalue weighted by Gasteiger charge is -2.25.